The predicted octanol–water partition coefficient (Wildman–Crippen LogP) is 1.81. The van der Waals surface area contributed by atoms with Gasteiger partial charge in [-0.1, -0.05) is 11.8 Å². The minimum absolute atomic E-state index is 0.628. The molecule has 1 aliphatic heterocycles. The number of nitrogens with two attached hydrogens (primary N) is 1. The van der Waals surface area contributed by atoms with Crippen molar-refractivity contribution in [2.75, 3.05) is 45.2 Å². The molecule has 0 spiro atoms. The topological polar surface area (TPSA) is 77.9 Å². The number of anilines is 1. The number of hydrogen-bond donors (Lipinski definition) is 1. The summed E-state index contributed by atoms with van der Waals surface area (Å²) < 4.78 is 13.0. The summed E-state index contributed by atoms with van der Waals surface area (Å²) >= 11 is 0. The van der Waals surface area contributed by atoms with E-state index in [1.807, 2.05) is 30.3 Å². The molecule has 1 aliphatic rings. The summed E-state index contributed by atoms with van der Waals surface area (Å²) in [5.74, 6) is 6.92. The van der Waals surface area contributed by atoms with E-state index in [9.17, 15) is 0 Å². The number of rotatable bonds is 5. The van der Waals surface area contributed by atoms with Gasteiger partial charge in [0, 0.05) is 43.1 Å². The molecule has 0 bridgehead atoms. The second-order valence-corrected chi connectivity index (χ2v) is 6.60. The van der Waals surface area contributed by atoms with Crippen molar-refractivity contribution in [2.45, 2.75) is 6.42 Å². The quantitative estimate of drug-likeness (QED) is 0.415. The lowest BCUT2D eigenvalue weighted by molar-refractivity contribution is 0.0357. The van der Waals surface area contributed by atoms with Crippen molar-refractivity contribution < 1.29 is 9.47 Å². The molecule has 3 aromatic rings. The monoisotopic (exact) mass is 377 g/mol. The Morgan fingerprint density at radius 3 is 2.75 bits per heavy atom. The van der Waals surface area contributed by atoms with Gasteiger partial charge in [0.15, 0.2) is 5.65 Å². The van der Waals surface area contributed by atoms with Crippen LogP contribution in [0.25, 0.3) is 5.65 Å². The normalized spacial score (nSPS) is 14.6. The summed E-state index contributed by atoms with van der Waals surface area (Å²) in [6.45, 7) is 5.26. The van der Waals surface area contributed by atoms with E-state index in [0.29, 0.717) is 18.1 Å². The van der Waals surface area contributed by atoms with E-state index in [0.717, 1.165) is 56.1 Å². The zero-order chi connectivity index (χ0) is 19.2. The Kier molecular flexibility index (Phi) is 5.71. The minimum atomic E-state index is 0.628. The van der Waals surface area contributed by atoms with E-state index in [4.69, 9.17) is 15.2 Å². The highest BCUT2D eigenvalue weighted by molar-refractivity contribution is 5.58. The lowest BCUT2D eigenvalue weighted by atomic mass is 10.2. The van der Waals surface area contributed by atoms with Crippen LogP contribution in [0.3, 0.4) is 0 Å². The first-order chi connectivity index (χ1) is 13.8. The fourth-order valence-corrected chi connectivity index (χ4v) is 3.06. The van der Waals surface area contributed by atoms with Crippen LogP contribution in [-0.4, -0.2) is 59.0 Å². The average molecular weight is 377 g/mol. The fraction of sp³-hybridized carbons (Fsp3) is 0.333. The molecule has 0 saturated carbocycles. The van der Waals surface area contributed by atoms with E-state index in [1.165, 1.54) is 0 Å². The molecule has 1 aromatic carbocycles. The van der Waals surface area contributed by atoms with Crippen LogP contribution in [0.1, 0.15) is 17.5 Å². The molecule has 2 N–H and O–H groups in total. The largest absolute Gasteiger partial charge is 0.477 e. The number of morpholine rings is 1. The first-order valence-corrected chi connectivity index (χ1v) is 9.43. The van der Waals surface area contributed by atoms with Gasteiger partial charge in [0.25, 0.3) is 0 Å². The number of nitrogens with zero attached hydrogens (tertiary/aromatic N) is 4. The molecular weight excluding hydrogens is 354 g/mol. The maximum absolute atomic E-state index is 5.94. The molecule has 7 nitrogen and oxygen atoms in total. The lowest BCUT2D eigenvalue weighted by Gasteiger charge is -2.26. The first kappa shape index (κ1) is 18.3. The highest BCUT2D eigenvalue weighted by atomic mass is 16.5. The van der Waals surface area contributed by atoms with Gasteiger partial charge in [-0.05, 0) is 30.7 Å². The number of benzene rings is 1. The third kappa shape index (κ3) is 4.42. The highest BCUT2D eigenvalue weighted by Gasteiger charge is 2.11. The molecule has 144 valence electrons. The van der Waals surface area contributed by atoms with Gasteiger partial charge in [-0.2, -0.15) is 9.61 Å². The Labute approximate surface area is 164 Å². The van der Waals surface area contributed by atoms with Gasteiger partial charge in [0.05, 0.1) is 31.6 Å². The number of hydrogen-bond acceptors (Lipinski definition) is 6. The molecule has 1 fully saturated rings. The van der Waals surface area contributed by atoms with Crippen molar-refractivity contribution in [1.29, 1.82) is 0 Å². The van der Waals surface area contributed by atoms with Crippen molar-refractivity contribution in [1.82, 2.24) is 19.5 Å². The molecule has 3 heterocycles. The molecule has 2 aromatic heterocycles. The van der Waals surface area contributed by atoms with E-state index in [-0.39, 0.29) is 0 Å². The van der Waals surface area contributed by atoms with Crippen LogP contribution >= 0.6 is 0 Å². The maximum atomic E-state index is 5.94. The van der Waals surface area contributed by atoms with Crippen LogP contribution in [-0.2, 0) is 4.74 Å². The van der Waals surface area contributed by atoms with Crippen molar-refractivity contribution >= 4 is 11.3 Å². The summed E-state index contributed by atoms with van der Waals surface area (Å²) in [6.07, 6.45) is 4.39. The van der Waals surface area contributed by atoms with E-state index < -0.39 is 0 Å². The van der Waals surface area contributed by atoms with Crippen LogP contribution in [0.15, 0.2) is 42.7 Å². The Balaban J connectivity index is 1.41. The van der Waals surface area contributed by atoms with E-state index in [1.54, 1.807) is 16.9 Å². The van der Waals surface area contributed by atoms with E-state index >= 15 is 0 Å². The molecule has 0 amide bonds. The zero-order valence-electron chi connectivity index (χ0n) is 15.7. The fourth-order valence-electron chi connectivity index (χ4n) is 3.06. The number of aromatic nitrogens is 3. The second kappa shape index (κ2) is 8.74. The predicted molar refractivity (Wildman–Crippen MR) is 107 cm³/mol. The van der Waals surface area contributed by atoms with Gasteiger partial charge in [-0.3, -0.25) is 4.90 Å². The first-order valence-electron chi connectivity index (χ1n) is 9.43. The average Bonchev–Trinajstić information content (AvgIpc) is 3.15. The van der Waals surface area contributed by atoms with Crippen LogP contribution in [0, 0.1) is 11.8 Å². The van der Waals surface area contributed by atoms with Crippen molar-refractivity contribution in [3.8, 4) is 17.7 Å². The summed E-state index contributed by atoms with van der Waals surface area (Å²) in [4.78, 5) is 6.80. The van der Waals surface area contributed by atoms with Gasteiger partial charge in [-0.15, -0.1) is 0 Å². The highest BCUT2D eigenvalue weighted by Crippen LogP contribution is 2.15. The van der Waals surface area contributed by atoms with Gasteiger partial charge in [-0.25, -0.2) is 4.98 Å². The van der Waals surface area contributed by atoms with Gasteiger partial charge >= 0.3 is 0 Å². The van der Waals surface area contributed by atoms with Crippen LogP contribution in [0.2, 0.25) is 0 Å². The Bertz CT molecular complexity index is 981. The van der Waals surface area contributed by atoms with Crippen LogP contribution in [0.5, 0.6) is 5.88 Å². The van der Waals surface area contributed by atoms with Crippen molar-refractivity contribution in [3.05, 3.63) is 53.9 Å². The van der Waals surface area contributed by atoms with E-state index in [2.05, 4.69) is 26.8 Å². The Hall–Kier alpha value is -3.08. The molecule has 28 heavy (non-hydrogen) atoms. The van der Waals surface area contributed by atoms with Gasteiger partial charge in [0.1, 0.15) is 0 Å². The van der Waals surface area contributed by atoms with Crippen molar-refractivity contribution in [3.63, 3.8) is 0 Å². The lowest BCUT2D eigenvalue weighted by Crippen LogP contribution is -2.37. The summed E-state index contributed by atoms with van der Waals surface area (Å²) in [7, 11) is 0. The molecule has 0 aliphatic carbocycles. The third-order valence-corrected chi connectivity index (χ3v) is 4.59. The molecule has 4 rings (SSSR count). The van der Waals surface area contributed by atoms with Crippen LogP contribution in [0.4, 0.5) is 5.69 Å². The number of nitrogen functional groups attached to an aromatic ring is 1. The molecule has 7 heteroatoms. The summed E-state index contributed by atoms with van der Waals surface area (Å²) in [5.41, 5.74) is 8.77. The molecule has 0 unspecified atom stereocenters. The van der Waals surface area contributed by atoms with Gasteiger partial charge in [0.2, 0.25) is 5.88 Å². The molecule has 0 atom stereocenters. The standard InChI is InChI=1S/C21H23N5O2/c22-19-6-3-17(4-7-19)2-5-18-16-24-26-20(8-9-23-21(18)26)28-13-1-10-25-11-14-27-15-12-25/h3-4,6-9,16H,1,10-15,22H2. The molecule has 1 saturated heterocycles. The van der Waals surface area contributed by atoms with Crippen LogP contribution < -0.4 is 10.5 Å². The maximum Gasteiger partial charge on any atom is 0.217 e. The van der Waals surface area contributed by atoms with Gasteiger partial charge < -0.3 is 15.2 Å². The zero-order valence-corrected chi connectivity index (χ0v) is 15.7. The molecule has 0 radical (unpaired) electrons. The smallest absolute Gasteiger partial charge is 0.217 e. The Morgan fingerprint density at radius 1 is 1.11 bits per heavy atom. The number of fused-ring (bicyclic) bond motifs is 1. The Morgan fingerprint density at radius 2 is 1.93 bits per heavy atom. The third-order valence-electron chi connectivity index (χ3n) is 4.59. The minimum Gasteiger partial charge on any atom is -0.477 e. The SMILES string of the molecule is Nc1ccc(C#Cc2cnn3c(OCCCN4CCOCC4)ccnc23)cc1. The second-order valence-electron chi connectivity index (χ2n) is 6.60. The molecular formula is C21H23N5O2. The number of ether oxygens (including phenoxy) is 2. The van der Waals surface area contributed by atoms with Crippen molar-refractivity contribution in [2.24, 2.45) is 0 Å². The summed E-state index contributed by atoms with van der Waals surface area (Å²) in [5, 5.41) is 4.39. The summed E-state index contributed by atoms with van der Waals surface area (Å²) in [6, 6.07) is 9.28.